The van der Waals surface area contributed by atoms with Crippen LogP contribution in [0.1, 0.15) is 18.8 Å². The van der Waals surface area contributed by atoms with Crippen LogP contribution in [-0.2, 0) is 0 Å². The minimum absolute atomic E-state index is 0.206. The lowest BCUT2D eigenvalue weighted by atomic mass is 10.2. The molecule has 0 saturated carbocycles. The highest BCUT2D eigenvalue weighted by atomic mass is 19.1. The molecule has 7 heteroatoms. The zero-order valence-electron chi connectivity index (χ0n) is 12.8. The molecule has 0 radical (unpaired) electrons. The van der Waals surface area contributed by atoms with Crippen molar-refractivity contribution in [3.8, 4) is 11.4 Å². The second-order valence-electron chi connectivity index (χ2n) is 5.00. The van der Waals surface area contributed by atoms with E-state index >= 15 is 0 Å². The van der Waals surface area contributed by atoms with Gasteiger partial charge >= 0.3 is 0 Å². The molecule has 3 aromatic rings. The van der Waals surface area contributed by atoms with E-state index in [-0.39, 0.29) is 11.8 Å². The van der Waals surface area contributed by atoms with Crippen molar-refractivity contribution in [2.24, 2.45) is 0 Å². The molecule has 3 rings (SSSR count). The lowest BCUT2D eigenvalue weighted by molar-refractivity contribution is 0.386. The van der Waals surface area contributed by atoms with E-state index in [0.29, 0.717) is 11.5 Å². The van der Waals surface area contributed by atoms with Gasteiger partial charge < -0.3 is 10.1 Å². The van der Waals surface area contributed by atoms with Gasteiger partial charge in [0.25, 0.3) is 0 Å². The number of halogens is 1. The molecule has 1 aromatic heterocycles. The number of benzene rings is 2. The lowest BCUT2D eigenvalue weighted by Crippen LogP contribution is -2.14. The number of hydrogen-bond acceptors (Lipinski definition) is 5. The normalized spacial score (nSPS) is 12.0. The number of nitrogens with one attached hydrogen (secondary N) is 1. The number of aromatic nitrogens is 4. The first-order valence-electron chi connectivity index (χ1n) is 7.13. The Labute approximate surface area is 132 Å². The number of ether oxygens (including phenoxy) is 1. The topological polar surface area (TPSA) is 64.9 Å². The summed E-state index contributed by atoms with van der Waals surface area (Å²) in [6, 6.07) is 14.1. The molecular weight excluding hydrogens is 297 g/mol. The number of methoxy groups -OCH3 is 1. The molecule has 118 valence electrons. The molecule has 0 amide bonds. The molecule has 0 aliphatic carbocycles. The second kappa shape index (κ2) is 6.43. The van der Waals surface area contributed by atoms with Gasteiger partial charge in [0.05, 0.1) is 18.8 Å². The fourth-order valence-corrected chi connectivity index (χ4v) is 2.29. The zero-order chi connectivity index (χ0) is 16.2. The summed E-state index contributed by atoms with van der Waals surface area (Å²) in [6.07, 6.45) is 0. The molecule has 1 heterocycles. The Hall–Kier alpha value is -2.96. The quantitative estimate of drug-likeness (QED) is 0.784. The maximum Gasteiger partial charge on any atom is 0.178 e. The standard InChI is InChI=1S/C16H16FN5O/c1-11(18-12-8-9-15(23-2)14(17)10-12)16-19-20-21-22(16)13-6-4-3-5-7-13/h3-11,18H,1-2H3/t11-/m1/s1. The Morgan fingerprint density at radius 1 is 1.17 bits per heavy atom. The van der Waals surface area contributed by atoms with Gasteiger partial charge in [-0.2, -0.15) is 4.68 Å². The summed E-state index contributed by atoms with van der Waals surface area (Å²) >= 11 is 0. The highest BCUT2D eigenvalue weighted by molar-refractivity contribution is 5.48. The fraction of sp³-hybridized carbons (Fsp3) is 0.188. The summed E-state index contributed by atoms with van der Waals surface area (Å²) in [7, 11) is 1.43. The van der Waals surface area contributed by atoms with E-state index in [4.69, 9.17) is 4.74 Å². The summed E-state index contributed by atoms with van der Waals surface area (Å²) in [5, 5.41) is 15.0. The van der Waals surface area contributed by atoms with E-state index < -0.39 is 5.82 Å². The Morgan fingerprint density at radius 2 is 1.96 bits per heavy atom. The van der Waals surface area contributed by atoms with Crippen molar-refractivity contribution in [1.82, 2.24) is 20.2 Å². The fourth-order valence-electron chi connectivity index (χ4n) is 2.29. The predicted molar refractivity (Wildman–Crippen MR) is 84.1 cm³/mol. The van der Waals surface area contributed by atoms with Crippen LogP contribution in [0.15, 0.2) is 48.5 Å². The van der Waals surface area contributed by atoms with Crippen molar-refractivity contribution >= 4 is 5.69 Å². The number of nitrogens with zero attached hydrogens (tertiary/aromatic N) is 4. The highest BCUT2D eigenvalue weighted by Gasteiger charge is 2.16. The molecule has 0 spiro atoms. The molecule has 0 fully saturated rings. The van der Waals surface area contributed by atoms with Gasteiger partial charge in [-0.05, 0) is 41.6 Å². The van der Waals surface area contributed by atoms with E-state index in [1.54, 1.807) is 16.8 Å². The van der Waals surface area contributed by atoms with E-state index in [2.05, 4.69) is 20.8 Å². The Morgan fingerprint density at radius 3 is 2.65 bits per heavy atom. The predicted octanol–water partition coefficient (Wildman–Crippen LogP) is 2.98. The van der Waals surface area contributed by atoms with Crippen molar-refractivity contribution in [2.75, 3.05) is 12.4 Å². The van der Waals surface area contributed by atoms with Gasteiger partial charge in [0.2, 0.25) is 0 Å². The van der Waals surface area contributed by atoms with Gasteiger partial charge in [0.15, 0.2) is 17.4 Å². The van der Waals surface area contributed by atoms with Crippen LogP contribution in [0, 0.1) is 5.82 Å². The lowest BCUT2D eigenvalue weighted by Gasteiger charge is -2.15. The van der Waals surface area contributed by atoms with Crippen molar-refractivity contribution in [1.29, 1.82) is 0 Å². The van der Waals surface area contributed by atoms with Crippen LogP contribution in [0.2, 0.25) is 0 Å². The highest BCUT2D eigenvalue weighted by Crippen LogP contribution is 2.24. The molecule has 0 aliphatic rings. The summed E-state index contributed by atoms with van der Waals surface area (Å²) in [6.45, 7) is 1.91. The summed E-state index contributed by atoms with van der Waals surface area (Å²) in [5.41, 5.74) is 1.49. The van der Waals surface area contributed by atoms with Crippen LogP contribution >= 0.6 is 0 Å². The molecule has 23 heavy (non-hydrogen) atoms. The summed E-state index contributed by atoms with van der Waals surface area (Å²) in [5.74, 6) is 0.414. The largest absolute Gasteiger partial charge is 0.494 e. The van der Waals surface area contributed by atoms with Crippen LogP contribution in [0.3, 0.4) is 0 Å². The number of anilines is 1. The monoisotopic (exact) mass is 313 g/mol. The molecular formula is C16H16FN5O. The molecule has 1 N–H and O–H groups in total. The van der Waals surface area contributed by atoms with Gasteiger partial charge in [0, 0.05) is 11.8 Å². The second-order valence-corrected chi connectivity index (χ2v) is 5.00. The minimum Gasteiger partial charge on any atom is -0.494 e. The molecule has 2 aromatic carbocycles. The Balaban J connectivity index is 1.83. The van der Waals surface area contributed by atoms with Crippen LogP contribution in [0.4, 0.5) is 10.1 Å². The first kappa shape index (κ1) is 15.0. The molecule has 0 aliphatic heterocycles. The van der Waals surface area contributed by atoms with Crippen molar-refractivity contribution in [3.05, 3.63) is 60.2 Å². The van der Waals surface area contributed by atoms with Crippen LogP contribution in [0.5, 0.6) is 5.75 Å². The smallest absolute Gasteiger partial charge is 0.178 e. The molecule has 0 unspecified atom stereocenters. The third kappa shape index (κ3) is 3.13. The molecule has 0 bridgehead atoms. The third-order valence-electron chi connectivity index (χ3n) is 3.42. The average Bonchev–Trinajstić information content (AvgIpc) is 3.05. The van der Waals surface area contributed by atoms with E-state index in [0.717, 1.165) is 5.69 Å². The van der Waals surface area contributed by atoms with Crippen LogP contribution in [0.25, 0.3) is 5.69 Å². The minimum atomic E-state index is -0.424. The van der Waals surface area contributed by atoms with Gasteiger partial charge in [-0.1, -0.05) is 18.2 Å². The van der Waals surface area contributed by atoms with Crippen molar-refractivity contribution < 1.29 is 9.13 Å². The summed E-state index contributed by atoms with van der Waals surface area (Å²) in [4.78, 5) is 0. The maximum absolute atomic E-state index is 13.8. The number of rotatable bonds is 5. The van der Waals surface area contributed by atoms with Crippen LogP contribution < -0.4 is 10.1 Å². The zero-order valence-corrected chi connectivity index (χ0v) is 12.8. The van der Waals surface area contributed by atoms with Crippen LogP contribution in [-0.4, -0.2) is 27.3 Å². The number of para-hydroxylation sites is 1. The van der Waals surface area contributed by atoms with Gasteiger partial charge in [-0.3, -0.25) is 0 Å². The summed E-state index contributed by atoms with van der Waals surface area (Å²) < 4.78 is 20.3. The Bertz CT molecular complexity index is 790. The van der Waals surface area contributed by atoms with Crippen molar-refractivity contribution in [2.45, 2.75) is 13.0 Å². The number of tetrazole rings is 1. The number of hydrogen-bond donors (Lipinski definition) is 1. The molecule has 6 nitrogen and oxygen atoms in total. The first-order valence-corrected chi connectivity index (χ1v) is 7.13. The first-order chi connectivity index (χ1) is 11.2. The van der Waals surface area contributed by atoms with E-state index in [1.165, 1.54) is 13.2 Å². The van der Waals surface area contributed by atoms with E-state index in [9.17, 15) is 4.39 Å². The Kier molecular flexibility index (Phi) is 4.18. The third-order valence-corrected chi connectivity index (χ3v) is 3.42. The van der Waals surface area contributed by atoms with E-state index in [1.807, 2.05) is 37.3 Å². The molecule has 1 atom stereocenters. The SMILES string of the molecule is COc1ccc(N[C@H](C)c2nnnn2-c2ccccc2)cc1F. The average molecular weight is 313 g/mol. The van der Waals surface area contributed by atoms with Gasteiger partial charge in [-0.25, -0.2) is 4.39 Å². The van der Waals surface area contributed by atoms with Gasteiger partial charge in [-0.15, -0.1) is 5.10 Å². The molecule has 0 saturated heterocycles. The van der Waals surface area contributed by atoms with Crippen molar-refractivity contribution in [3.63, 3.8) is 0 Å². The van der Waals surface area contributed by atoms with Gasteiger partial charge in [0.1, 0.15) is 0 Å². The maximum atomic E-state index is 13.8.